The molecule has 2 N–H and O–H groups in total. The van der Waals surface area contributed by atoms with E-state index in [0.29, 0.717) is 17.8 Å². The zero-order valence-electron chi connectivity index (χ0n) is 15.4. The predicted molar refractivity (Wildman–Crippen MR) is 106 cm³/mol. The fourth-order valence-corrected chi connectivity index (χ4v) is 4.92. The highest BCUT2D eigenvalue weighted by Gasteiger charge is 2.42. The molecule has 3 aliphatic rings. The van der Waals surface area contributed by atoms with E-state index < -0.39 is 0 Å². The number of halogens is 1. The molecule has 0 bridgehead atoms. The van der Waals surface area contributed by atoms with Crippen molar-refractivity contribution in [2.45, 2.75) is 51.0 Å². The molecule has 3 unspecified atom stereocenters. The van der Waals surface area contributed by atoms with Crippen molar-refractivity contribution in [2.75, 3.05) is 19.7 Å². The molecule has 5 heteroatoms. The van der Waals surface area contributed by atoms with Gasteiger partial charge in [0, 0.05) is 24.7 Å². The number of likely N-dealkylation sites (tertiary alicyclic amines) is 1. The van der Waals surface area contributed by atoms with Crippen LogP contribution in [0.25, 0.3) is 0 Å². The lowest BCUT2D eigenvalue weighted by molar-refractivity contribution is 0.0779. The molecule has 0 aromatic heterocycles. The molecule has 4 nitrogen and oxygen atoms in total. The minimum absolute atomic E-state index is 0. The molecule has 1 saturated heterocycles. The molecule has 26 heavy (non-hydrogen) atoms. The number of benzene rings is 1. The number of fused-ring (bicyclic) bond motifs is 1. The maximum absolute atomic E-state index is 12.7. The Labute approximate surface area is 162 Å². The van der Waals surface area contributed by atoms with Crippen molar-refractivity contribution in [1.82, 2.24) is 4.90 Å². The van der Waals surface area contributed by atoms with E-state index in [9.17, 15) is 4.79 Å². The number of amides is 1. The summed E-state index contributed by atoms with van der Waals surface area (Å²) in [6, 6.07) is 7.98. The summed E-state index contributed by atoms with van der Waals surface area (Å²) in [5.41, 5.74) is 6.94. The van der Waals surface area contributed by atoms with Crippen molar-refractivity contribution < 1.29 is 9.53 Å². The molecular formula is C21H31ClN2O2. The number of carbonyl (C=O) groups excluding carboxylic acids is 1. The van der Waals surface area contributed by atoms with Gasteiger partial charge in [0.1, 0.15) is 5.75 Å². The molecule has 0 radical (unpaired) electrons. The highest BCUT2D eigenvalue weighted by Crippen LogP contribution is 2.37. The zero-order valence-corrected chi connectivity index (χ0v) is 16.3. The van der Waals surface area contributed by atoms with E-state index in [1.165, 1.54) is 38.5 Å². The second-order valence-corrected chi connectivity index (χ2v) is 8.21. The zero-order chi connectivity index (χ0) is 17.2. The molecular weight excluding hydrogens is 348 g/mol. The standard InChI is InChI=1S/C21H30N2O2.ClH/c22-20-11-8-17-12-23(13-19(17)20)21(24)16-6-9-18(10-7-16)25-14-15-4-2-1-3-5-15;/h6-7,9-10,15,17,19-20H,1-5,8,11-14,22H2;1H. The van der Waals surface area contributed by atoms with E-state index in [0.717, 1.165) is 37.4 Å². The Morgan fingerprint density at radius 1 is 1.04 bits per heavy atom. The van der Waals surface area contributed by atoms with Gasteiger partial charge < -0.3 is 15.4 Å². The Bertz CT molecular complexity index is 601. The molecule has 1 aromatic carbocycles. The average molecular weight is 379 g/mol. The molecule has 2 aliphatic carbocycles. The summed E-state index contributed by atoms with van der Waals surface area (Å²) < 4.78 is 5.94. The third-order valence-electron chi connectivity index (χ3n) is 6.51. The number of carbonyl (C=O) groups is 1. The summed E-state index contributed by atoms with van der Waals surface area (Å²) in [5, 5.41) is 0. The summed E-state index contributed by atoms with van der Waals surface area (Å²) >= 11 is 0. The SMILES string of the molecule is Cl.NC1CCC2CN(C(=O)c3ccc(OCC4CCCCC4)cc3)CC12. The number of ether oxygens (including phenoxy) is 1. The molecule has 4 rings (SSSR count). The van der Waals surface area contributed by atoms with Gasteiger partial charge in [-0.1, -0.05) is 19.3 Å². The van der Waals surface area contributed by atoms with Crippen LogP contribution in [0, 0.1) is 17.8 Å². The summed E-state index contributed by atoms with van der Waals surface area (Å²) in [4.78, 5) is 14.7. The molecule has 2 saturated carbocycles. The van der Waals surface area contributed by atoms with E-state index in [4.69, 9.17) is 10.5 Å². The Morgan fingerprint density at radius 2 is 1.77 bits per heavy atom. The molecule has 3 atom stereocenters. The normalized spacial score (nSPS) is 28.5. The van der Waals surface area contributed by atoms with Gasteiger partial charge in [-0.2, -0.15) is 0 Å². The number of hydrogen-bond acceptors (Lipinski definition) is 3. The first kappa shape index (κ1) is 19.5. The number of rotatable bonds is 4. The Kier molecular flexibility index (Phi) is 6.46. The fourth-order valence-electron chi connectivity index (χ4n) is 4.92. The topological polar surface area (TPSA) is 55.6 Å². The number of nitrogens with zero attached hydrogens (tertiary/aromatic N) is 1. The average Bonchev–Trinajstić information content (AvgIpc) is 3.23. The lowest BCUT2D eigenvalue weighted by Crippen LogP contribution is -2.33. The van der Waals surface area contributed by atoms with Crippen LogP contribution in [0.4, 0.5) is 0 Å². The van der Waals surface area contributed by atoms with Gasteiger partial charge in [0.15, 0.2) is 0 Å². The minimum atomic E-state index is 0. The Balaban J connectivity index is 0.00000196. The van der Waals surface area contributed by atoms with Gasteiger partial charge in [-0.25, -0.2) is 0 Å². The molecule has 3 fully saturated rings. The lowest BCUT2D eigenvalue weighted by atomic mass is 9.90. The van der Waals surface area contributed by atoms with Crippen molar-refractivity contribution in [3.63, 3.8) is 0 Å². The second-order valence-electron chi connectivity index (χ2n) is 8.21. The summed E-state index contributed by atoms with van der Waals surface area (Å²) in [6.45, 7) is 2.50. The predicted octanol–water partition coefficient (Wildman–Crippen LogP) is 3.88. The van der Waals surface area contributed by atoms with Crippen LogP contribution in [0.15, 0.2) is 24.3 Å². The van der Waals surface area contributed by atoms with E-state index in [2.05, 4.69) is 0 Å². The summed E-state index contributed by atoms with van der Waals surface area (Å²) in [6.07, 6.45) is 8.91. The smallest absolute Gasteiger partial charge is 0.253 e. The van der Waals surface area contributed by atoms with E-state index in [1.54, 1.807) is 0 Å². The third kappa shape index (κ3) is 4.17. The van der Waals surface area contributed by atoms with Crippen molar-refractivity contribution in [2.24, 2.45) is 23.5 Å². The molecule has 1 aliphatic heterocycles. The number of nitrogens with two attached hydrogens (primary N) is 1. The van der Waals surface area contributed by atoms with Gasteiger partial charge in [0.25, 0.3) is 5.91 Å². The van der Waals surface area contributed by atoms with E-state index in [-0.39, 0.29) is 24.4 Å². The monoisotopic (exact) mass is 378 g/mol. The van der Waals surface area contributed by atoms with E-state index in [1.807, 2.05) is 29.2 Å². The maximum Gasteiger partial charge on any atom is 0.253 e. The number of hydrogen-bond donors (Lipinski definition) is 1. The largest absolute Gasteiger partial charge is 0.493 e. The second kappa shape index (κ2) is 8.62. The molecule has 0 spiro atoms. The quantitative estimate of drug-likeness (QED) is 0.865. The van der Waals surface area contributed by atoms with Crippen LogP contribution in [0.2, 0.25) is 0 Å². The van der Waals surface area contributed by atoms with Crippen molar-refractivity contribution >= 4 is 18.3 Å². The molecule has 1 amide bonds. The Hall–Kier alpha value is -1.26. The van der Waals surface area contributed by atoms with Crippen LogP contribution >= 0.6 is 12.4 Å². The van der Waals surface area contributed by atoms with Gasteiger partial charge in [-0.15, -0.1) is 12.4 Å². The molecule has 1 aromatic rings. The molecule has 1 heterocycles. The maximum atomic E-state index is 12.7. The third-order valence-corrected chi connectivity index (χ3v) is 6.51. The Morgan fingerprint density at radius 3 is 2.46 bits per heavy atom. The highest BCUT2D eigenvalue weighted by atomic mass is 35.5. The minimum Gasteiger partial charge on any atom is -0.493 e. The highest BCUT2D eigenvalue weighted by molar-refractivity contribution is 5.94. The fraction of sp³-hybridized carbons (Fsp3) is 0.667. The van der Waals surface area contributed by atoms with Crippen LogP contribution in [-0.4, -0.2) is 36.5 Å². The van der Waals surface area contributed by atoms with Crippen molar-refractivity contribution in [1.29, 1.82) is 0 Å². The van der Waals surface area contributed by atoms with Crippen LogP contribution in [0.5, 0.6) is 5.75 Å². The van der Waals surface area contributed by atoms with Crippen LogP contribution in [0.1, 0.15) is 55.3 Å². The first-order chi connectivity index (χ1) is 12.2. The van der Waals surface area contributed by atoms with Crippen molar-refractivity contribution in [3.05, 3.63) is 29.8 Å². The van der Waals surface area contributed by atoms with Gasteiger partial charge in [0.05, 0.1) is 6.61 Å². The first-order valence-electron chi connectivity index (χ1n) is 9.98. The summed E-state index contributed by atoms with van der Waals surface area (Å²) in [5.74, 6) is 2.82. The molecule has 144 valence electrons. The van der Waals surface area contributed by atoms with E-state index >= 15 is 0 Å². The lowest BCUT2D eigenvalue weighted by Gasteiger charge is -2.22. The van der Waals surface area contributed by atoms with Gasteiger partial charge in [-0.3, -0.25) is 4.79 Å². The van der Waals surface area contributed by atoms with Gasteiger partial charge >= 0.3 is 0 Å². The van der Waals surface area contributed by atoms with Gasteiger partial charge in [0.2, 0.25) is 0 Å². The van der Waals surface area contributed by atoms with Crippen LogP contribution in [0.3, 0.4) is 0 Å². The van der Waals surface area contributed by atoms with Crippen LogP contribution in [-0.2, 0) is 0 Å². The first-order valence-corrected chi connectivity index (χ1v) is 9.98. The summed E-state index contributed by atoms with van der Waals surface area (Å²) in [7, 11) is 0. The van der Waals surface area contributed by atoms with Crippen molar-refractivity contribution in [3.8, 4) is 5.75 Å². The van der Waals surface area contributed by atoms with Crippen LogP contribution < -0.4 is 10.5 Å². The van der Waals surface area contributed by atoms with Gasteiger partial charge in [-0.05, 0) is 67.7 Å².